The fraction of sp³-hybridized carbons (Fsp3) is 0.412. The number of nitrogens with zero attached hydrogens (tertiary/aromatic N) is 3. The van der Waals surface area contributed by atoms with Crippen LogP contribution in [-0.2, 0) is 4.79 Å². The molecule has 0 spiro atoms. The summed E-state index contributed by atoms with van der Waals surface area (Å²) in [6.07, 6.45) is 0. The third kappa shape index (κ3) is 3.90. The van der Waals surface area contributed by atoms with E-state index >= 15 is 0 Å². The van der Waals surface area contributed by atoms with E-state index in [2.05, 4.69) is 51.5 Å². The van der Waals surface area contributed by atoms with Gasteiger partial charge in [0.05, 0.1) is 12.2 Å². The molecule has 0 bridgehead atoms. The summed E-state index contributed by atoms with van der Waals surface area (Å²) in [5.74, 6) is 0.344. The third-order valence-corrected chi connectivity index (χ3v) is 4.09. The second-order valence-electron chi connectivity index (χ2n) is 5.93. The lowest BCUT2D eigenvalue weighted by molar-refractivity contribution is -0.117. The molecular weight excluding hydrogens is 292 g/mol. The van der Waals surface area contributed by atoms with Crippen molar-refractivity contribution >= 4 is 17.5 Å². The highest BCUT2D eigenvalue weighted by Crippen LogP contribution is 2.20. The van der Waals surface area contributed by atoms with Gasteiger partial charge in [-0.25, -0.2) is 0 Å². The van der Waals surface area contributed by atoms with Gasteiger partial charge in [-0.1, -0.05) is 23.4 Å². The molecule has 3 rings (SSSR count). The summed E-state index contributed by atoms with van der Waals surface area (Å²) in [5, 5.41) is 6.50. The summed E-state index contributed by atoms with van der Waals surface area (Å²) in [6, 6.07) is 10.1. The van der Waals surface area contributed by atoms with Crippen molar-refractivity contribution in [2.24, 2.45) is 0 Å². The lowest BCUT2D eigenvalue weighted by atomic mass is 10.1. The van der Waals surface area contributed by atoms with Crippen LogP contribution in [0.5, 0.6) is 0 Å². The van der Waals surface area contributed by atoms with Gasteiger partial charge in [0.1, 0.15) is 0 Å². The highest BCUT2D eigenvalue weighted by molar-refractivity contribution is 5.91. The predicted octanol–water partition coefficient (Wildman–Crippen LogP) is 2.05. The van der Waals surface area contributed by atoms with Crippen LogP contribution in [0.1, 0.15) is 11.3 Å². The Hall–Kier alpha value is -2.34. The maximum atomic E-state index is 12.0. The van der Waals surface area contributed by atoms with Crippen molar-refractivity contribution in [1.82, 2.24) is 10.1 Å². The molecule has 23 heavy (non-hydrogen) atoms. The van der Waals surface area contributed by atoms with Crippen LogP contribution < -0.4 is 10.2 Å². The molecule has 1 fully saturated rings. The molecule has 1 amide bonds. The van der Waals surface area contributed by atoms with E-state index in [1.165, 1.54) is 11.3 Å². The Kier molecular flexibility index (Phi) is 4.62. The number of hydrogen-bond donors (Lipinski definition) is 1. The fourth-order valence-corrected chi connectivity index (χ4v) is 2.87. The molecule has 1 aromatic heterocycles. The molecule has 122 valence electrons. The van der Waals surface area contributed by atoms with Crippen LogP contribution in [0.3, 0.4) is 0 Å². The minimum Gasteiger partial charge on any atom is -0.369 e. The summed E-state index contributed by atoms with van der Waals surface area (Å²) in [5.41, 5.74) is 3.33. The lowest BCUT2D eigenvalue weighted by Gasteiger charge is -2.36. The van der Waals surface area contributed by atoms with Crippen molar-refractivity contribution in [2.45, 2.75) is 13.8 Å². The maximum Gasteiger partial charge on any atom is 0.240 e. The van der Waals surface area contributed by atoms with Gasteiger partial charge in [0.25, 0.3) is 0 Å². The molecule has 6 nitrogen and oxygen atoms in total. The highest BCUT2D eigenvalue weighted by atomic mass is 16.5. The van der Waals surface area contributed by atoms with Crippen molar-refractivity contribution in [2.75, 3.05) is 42.9 Å². The Morgan fingerprint density at radius 2 is 1.96 bits per heavy atom. The van der Waals surface area contributed by atoms with Crippen LogP contribution in [0.2, 0.25) is 0 Å². The molecule has 0 saturated carbocycles. The zero-order valence-corrected chi connectivity index (χ0v) is 13.6. The van der Waals surface area contributed by atoms with Gasteiger partial charge in [0.2, 0.25) is 11.8 Å². The molecule has 1 aliphatic rings. The molecule has 0 radical (unpaired) electrons. The van der Waals surface area contributed by atoms with Crippen molar-refractivity contribution in [1.29, 1.82) is 0 Å². The van der Waals surface area contributed by atoms with Crippen molar-refractivity contribution in [3.05, 3.63) is 41.6 Å². The molecule has 2 heterocycles. The van der Waals surface area contributed by atoms with E-state index in [0.717, 1.165) is 31.9 Å². The van der Waals surface area contributed by atoms with Crippen LogP contribution in [0.25, 0.3) is 0 Å². The number of para-hydroxylation sites is 1. The van der Waals surface area contributed by atoms with Crippen LogP contribution >= 0.6 is 0 Å². The number of rotatable bonds is 4. The number of anilines is 2. The van der Waals surface area contributed by atoms with Crippen LogP contribution in [-0.4, -0.2) is 48.7 Å². The van der Waals surface area contributed by atoms with E-state index in [1.807, 2.05) is 6.92 Å². The number of carbonyl (C=O) groups excluding carboxylic acids is 1. The normalized spacial score (nSPS) is 15.7. The van der Waals surface area contributed by atoms with Crippen LogP contribution in [0, 0.1) is 13.8 Å². The quantitative estimate of drug-likeness (QED) is 0.936. The molecule has 1 N–H and O–H groups in total. The molecular formula is C17H22N4O2. The van der Waals surface area contributed by atoms with Crippen molar-refractivity contribution < 1.29 is 9.32 Å². The first kappa shape index (κ1) is 15.6. The van der Waals surface area contributed by atoms with E-state index in [9.17, 15) is 4.79 Å². The molecule has 0 unspecified atom stereocenters. The van der Waals surface area contributed by atoms with Crippen LogP contribution in [0.15, 0.2) is 34.9 Å². The summed E-state index contributed by atoms with van der Waals surface area (Å²) in [7, 11) is 0. The second-order valence-corrected chi connectivity index (χ2v) is 5.93. The summed E-state index contributed by atoms with van der Waals surface area (Å²) in [6.45, 7) is 7.94. The summed E-state index contributed by atoms with van der Waals surface area (Å²) >= 11 is 0. The van der Waals surface area contributed by atoms with E-state index in [4.69, 9.17) is 4.52 Å². The van der Waals surface area contributed by atoms with E-state index in [0.29, 0.717) is 12.4 Å². The maximum absolute atomic E-state index is 12.0. The lowest BCUT2D eigenvalue weighted by Crippen LogP contribution is -2.48. The number of aromatic nitrogens is 1. The number of hydrogen-bond acceptors (Lipinski definition) is 5. The minimum absolute atomic E-state index is 0.0644. The first-order chi connectivity index (χ1) is 11.1. The number of amides is 1. The number of benzene rings is 1. The Bertz CT molecular complexity index is 675. The zero-order valence-electron chi connectivity index (χ0n) is 13.6. The predicted molar refractivity (Wildman–Crippen MR) is 89.7 cm³/mol. The third-order valence-electron chi connectivity index (χ3n) is 4.09. The van der Waals surface area contributed by atoms with E-state index in [-0.39, 0.29) is 5.91 Å². The fourth-order valence-electron chi connectivity index (χ4n) is 2.87. The van der Waals surface area contributed by atoms with Crippen LogP contribution in [0.4, 0.5) is 11.6 Å². The molecule has 2 aromatic rings. The van der Waals surface area contributed by atoms with Gasteiger partial charge in [-0.2, -0.15) is 0 Å². The number of nitrogens with one attached hydrogen (secondary N) is 1. The van der Waals surface area contributed by atoms with Gasteiger partial charge in [0, 0.05) is 37.9 Å². The molecule has 1 saturated heterocycles. The molecule has 0 aliphatic carbocycles. The van der Waals surface area contributed by atoms with Gasteiger partial charge < -0.3 is 9.42 Å². The SMILES string of the molecule is Cc1cc(NC(=O)CN2CCN(c3ccccc3C)CC2)on1. The van der Waals surface area contributed by atoms with E-state index < -0.39 is 0 Å². The molecule has 6 heteroatoms. The smallest absolute Gasteiger partial charge is 0.240 e. The Balaban J connectivity index is 1.49. The van der Waals surface area contributed by atoms with Gasteiger partial charge in [-0.3, -0.25) is 15.0 Å². The Morgan fingerprint density at radius 3 is 2.61 bits per heavy atom. The Morgan fingerprint density at radius 1 is 1.22 bits per heavy atom. The number of carbonyl (C=O) groups is 1. The van der Waals surface area contributed by atoms with Gasteiger partial charge >= 0.3 is 0 Å². The average Bonchev–Trinajstić information content (AvgIpc) is 2.93. The first-order valence-electron chi connectivity index (χ1n) is 7.88. The molecule has 0 atom stereocenters. The highest BCUT2D eigenvalue weighted by Gasteiger charge is 2.20. The summed E-state index contributed by atoms with van der Waals surface area (Å²) < 4.78 is 5.00. The molecule has 1 aromatic carbocycles. The van der Waals surface area contributed by atoms with Gasteiger partial charge in [-0.05, 0) is 25.5 Å². The zero-order chi connectivity index (χ0) is 16.2. The second kappa shape index (κ2) is 6.83. The van der Waals surface area contributed by atoms with E-state index in [1.54, 1.807) is 6.07 Å². The van der Waals surface area contributed by atoms with Crippen molar-refractivity contribution in [3.8, 4) is 0 Å². The average molecular weight is 314 g/mol. The minimum atomic E-state index is -0.0644. The molecule has 1 aliphatic heterocycles. The monoisotopic (exact) mass is 314 g/mol. The first-order valence-corrected chi connectivity index (χ1v) is 7.88. The number of aryl methyl sites for hydroxylation is 2. The Labute approximate surface area is 136 Å². The largest absolute Gasteiger partial charge is 0.369 e. The summed E-state index contributed by atoms with van der Waals surface area (Å²) in [4.78, 5) is 16.6. The number of piperazine rings is 1. The topological polar surface area (TPSA) is 61.6 Å². The van der Waals surface area contributed by atoms with Gasteiger partial charge in [-0.15, -0.1) is 0 Å². The van der Waals surface area contributed by atoms with Gasteiger partial charge in [0.15, 0.2) is 0 Å². The standard InChI is InChI=1S/C17H22N4O2/c1-13-5-3-4-6-15(13)21-9-7-20(8-10-21)12-16(22)18-17-11-14(2)19-23-17/h3-6,11H,7-10,12H2,1-2H3,(H,18,22). The van der Waals surface area contributed by atoms with Crippen molar-refractivity contribution in [3.63, 3.8) is 0 Å².